The second-order valence-corrected chi connectivity index (χ2v) is 8.07. The van der Waals surface area contributed by atoms with Crippen molar-refractivity contribution >= 4 is 11.7 Å². The topological polar surface area (TPSA) is 0 Å². The Morgan fingerprint density at radius 1 is 0.871 bits per heavy atom. The average Bonchev–Trinajstić information content (AvgIpc) is 2.72. The minimum atomic E-state index is -4.96. The summed E-state index contributed by atoms with van der Waals surface area (Å²) in [6, 6.07) is 5.04. The quantitative estimate of drug-likeness (QED) is 0.319. The van der Waals surface area contributed by atoms with E-state index in [9.17, 15) is 30.7 Å². The Labute approximate surface area is 176 Å². The normalized spacial score (nSPS) is 20.5. The van der Waals surface area contributed by atoms with E-state index in [1.54, 1.807) is 6.07 Å². The molecule has 0 amide bonds. The van der Waals surface area contributed by atoms with Crippen molar-refractivity contribution in [2.75, 3.05) is 0 Å². The van der Waals surface area contributed by atoms with Crippen LogP contribution < -0.4 is 0 Å². The lowest BCUT2D eigenvalue weighted by Crippen LogP contribution is -2.13. The summed E-state index contributed by atoms with van der Waals surface area (Å²) in [6.45, 7) is 2.14. The first-order chi connectivity index (χ1) is 14.6. The fourth-order valence-electron chi connectivity index (χ4n) is 4.28. The molecular weight excluding hydrogens is 421 g/mol. The van der Waals surface area contributed by atoms with Crippen molar-refractivity contribution in [3.05, 3.63) is 70.3 Å². The Hall–Kier alpha value is -2.31. The Kier molecular flexibility index (Phi) is 7.12. The Balaban J connectivity index is 1.82. The maximum Gasteiger partial charge on any atom is 0.419 e. The van der Waals surface area contributed by atoms with Gasteiger partial charge in [0.15, 0.2) is 11.7 Å². The minimum absolute atomic E-state index is 0.151. The van der Waals surface area contributed by atoms with E-state index in [1.807, 2.05) is 0 Å². The second-order valence-electron chi connectivity index (χ2n) is 8.07. The zero-order valence-corrected chi connectivity index (χ0v) is 17.0. The summed E-state index contributed by atoms with van der Waals surface area (Å²) in [4.78, 5) is 0. The number of hydrogen-bond donors (Lipinski definition) is 0. The predicted molar refractivity (Wildman–Crippen MR) is 106 cm³/mol. The Morgan fingerprint density at radius 2 is 1.55 bits per heavy atom. The third kappa shape index (κ3) is 5.31. The van der Waals surface area contributed by atoms with Gasteiger partial charge in [0.05, 0.1) is 5.56 Å². The fraction of sp³-hybridized carbons (Fsp3) is 0.417. The van der Waals surface area contributed by atoms with Crippen LogP contribution in [0.2, 0.25) is 0 Å². The van der Waals surface area contributed by atoms with Gasteiger partial charge >= 0.3 is 6.18 Å². The molecule has 2 aromatic rings. The molecule has 7 heteroatoms. The molecule has 1 aliphatic rings. The third-order valence-corrected chi connectivity index (χ3v) is 5.97. The summed E-state index contributed by atoms with van der Waals surface area (Å²) < 4.78 is 95.2. The molecule has 0 aliphatic heterocycles. The van der Waals surface area contributed by atoms with Gasteiger partial charge in [-0.1, -0.05) is 31.9 Å². The van der Waals surface area contributed by atoms with Crippen molar-refractivity contribution in [1.82, 2.24) is 0 Å². The van der Waals surface area contributed by atoms with E-state index in [0.29, 0.717) is 23.6 Å². The third-order valence-electron chi connectivity index (χ3n) is 5.97. The number of halogens is 7. The van der Waals surface area contributed by atoms with Gasteiger partial charge in [-0.3, -0.25) is 0 Å². The van der Waals surface area contributed by atoms with Crippen LogP contribution in [0.3, 0.4) is 0 Å². The molecule has 3 rings (SSSR count). The molecule has 0 heterocycles. The average molecular weight is 444 g/mol. The predicted octanol–water partition coefficient (Wildman–Crippen LogP) is 8.82. The molecule has 1 fully saturated rings. The molecule has 1 aliphatic carbocycles. The Bertz CT molecular complexity index is 951. The zero-order chi connectivity index (χ0) is 22.8. The van der Waals surface area contributed by atoms with Gasteiger partial charge in [-0.2, -0.15) is 13.2 Å². The number of alkyl halides is 3. The van der Waals surface area contributed by atoms with Gasteiger partial charge in [0.2, 0.25) is 0 Å². The molecule has 0 atom stereocenters. The van der Waals surface area contributed by atoms with E-state index in [0.717, 1.165) is 38.2 Å². The molecular formula is C24H23F7. The van der Waals surface area contributed by atoms with Crippen LogP contribution in [0.15, 0.2) is 36.4 Å². The van der Waals surface area contributed by atoms with Gasteiger partial charge in [-0.15, -0.1) is 0 Å². The Morgan fingerprint density at radius 3 is 2.10 bits per heavy atom. The van der Waals surface area contributed by atoms with E-state index >= 15 is 0 Å². The van der Waals surface area contributed by atoms with Gasteiger partial charge in [0.1, 0.15) is 11.6 Å². The number of benzene rings is 2. The summed E-state index contributed by atoms with van der Waals surface area (Å²) in [5.41, 5.74) is -2.26. The first kappa shape index (κ1) is 23.4. The molecule has 0 aromatic heterocycles. The summed E-state index contributed by atoms with van der Waals surface area (Å²) in [5, 5.41) is 0. The van der Waals surface area contributed by atoms with Crippen molar-refractivity contribution in [1.29, 1.82) is 0 Å². The standard InChI is InChI=1S/C24H23F7/c1-2-3-14-4-6-15(7-5-14)16-8-10-18(20(25)12-16)23(28)22(27)17-9-11-19(21(26)13-17)24(29,30)31/h8-15H,2-7H2,1H3/b23-22+. The lowest BCUT2D eigenvalue weighted by atomic mass is 9.77. The van der Waals surface area contributed by atoms with Crippen LogP contribution in [-0.4, -0.2) is 0 Å². The van der Waals surface area contributed by atoms with Crippen molar-refractivity contribution in [2.24, 2.45) is 5.92 Å². The van der Waals surface area contributed by atoms with Crippen molar-refractivity contribution in [3.8, 4) is 0 Å². The SMILES string of the molecule is CCCC1CCC(c2ccc(/C(F)=C(\F)c3ccc(C(F)(F)F)c(F)c3)c(F)c2)CC1. The highest BCUT2D eigenvalue weighted by molar-refractivity contribution is 5.83. The van der Waals surface area contributed by atoms with Crippen LogP contribution in [0, 0.1) is 17.6 Å². The summed E-state index contributed by atoms with van der Waals surface area (Å²) in [7, 11) is 0. The van der Waals surface area contributed by atoms with E-state index in [2.05, 4.69) is 6.92 Å². The maximum atomic E-state index is 14.6. The van der Waals surface area contributed by atoms with Crippen LogP contribution in [-0.2, 0) is 6.18 Å². The van der Waals surface area contributed by atoms with Gasteiger partial charge in [0.25, 0.3) is 0 Å². The van der Waals surface area contributed by atoms with Crippen LogP contribution in [0.5, 0.6) is 0 Å². The van der Waals surface area contributed by atoms with Crippen LogP contribution >= 0.6 is 0 Å². The largest absolute Gasteiger partial charge is 0.419 e. The monoisotopic (exact) mass is 444 g/mol. The van der Waals surface area contributed by atoms with E-state index < -0.39 is 46.2 Å². The fourth-order valence-corrected chi connectivity index (χ4v) is 4.28. The van der Waals surface area contributed by atoms with Crippen molar-refractivity contribution < 1.29 is 30.7 Å². The van der Waals surface area contributed by atoms with Crippen LogP contribution in [0.1, 0.15) is 73.6 Å². The highest BCUT2D eigenvalue weighted by Crippen LogP contribution is 2.39. The van der Waals surface area contributed by atoms with Gasteiger partial charge < -0.3 is 0 Å². The molecule has 0 radical (unpaired) electrons. The summed E-state index contributed by atoms with van der Waals surface area (Å²) >= 11 is 0. The van der Waals surface area contributed by atoms with Crippen LogP contribution in [0.4, 0.5) is 30.7 Å². The van der Waals surface area contributed by atoms with Gasteiger partial charge in [0, 0.05) is 11.1 Å². The van der Waals surface area contributed by atoms with E-state index in [1.165, 1.54) is 12.5 Å². The van der Waals surface area contributed by atoms with Gasteiger partial charge in [-0.05, 0) is 67.3 Å². The zero-order valence-electron chi connectivity index (χ0n) is 17.0. The first-order valence-electron chi connectivity index (χ1n) is 10.3. The molecule has 0 N–H and O–H groups in total. The smallest absolute Gasteiger partial charge is 0.206 e. The molecule has 1 saturated carbocycles. The highest BCUT2D eigenvalue weighted by atomic mass is 19.4. The molecule has 0 bridgehead atoms. The lowest BCUT2D eigenvalue weighted by molar-refractivity contribution is -0.140. The maximum absolute atomic E-state index is 14.6. The van der Waals surface area contributed by atoms with Crippen molar-refractivity contribution in [2.45, 2.75) is 57.5 Å². The van der Waals surface area contributed by atoms with Gasteiger partial charge in [-0.25, -0.2) is 17.6 Å². The molecule has 0 unspecified atom stereocenters. The first-order valence-corrected chi connectivity index (χ1v) is 10.3. The molecule has 0 saturated heterocycles. The van der Waals surface area contributed by atoms with Crippen molar-refractivity contribution in [3.63, 3.8) is 0 Å². The highest BCUT2D eigenvalue weighted by Gasteiger charge is 2.34. The molecule has 2 aromatic carbocycles. The number of hydrogen-bond acceptors (Lipinski definition) is 0. The molecule has 0 nitrogen and oxygen atoms in total. The number of rotatable bonds is 5. The summed E-state index contributed by atoms with van der Waals surface area (Å²) in [5.74, 6) is -5.09. The molecule has 31 heavy (non-hydrogen) atoms. The summed E-state index contributed by atoms with van der Waals surface area (Å²) in [6.07, 6.45) is 1.23. The second kappa shape index (κ2) is 9.45. The molecule has 168 valence electrons. The van der Waals surface area contributed by atoms with E-state index in [-0.39, 0.29) is 12.0 Å². The lowest BCUT2D eigenvalue weighted by Gasteiger charge is -2.28. The van der Waals surface area contributed by atoms with Crippen LogP contribution in [0.25, 0.3) is 11.7 Å². The van der Waals surface area contributed by atoms with E-state index in [4.69, 9.17) is 0 Å². The minimum Gasteiger partial charge on any atom is -0.206 e. The molecule has 0 spiro atoms.